The lowest BCUT2D eigenvalue weighted by Crippen LogP contribution is -2.41. The minimum absolute atomic E-state index is 0.715. The molecule has 0 bridgehead atoms. The van der Waals surface area contributed by atoms with E-state index in [0.29, 0.717) is 5.92 Å². The van der Waals surface area contributed by atoms with E-state index in [0.717, 1.165) is 12.0 Å². The van der Waals surface area contributed by atoms with Crippen LogP contribution in [0.3, 0.4) is 0 Å². The molecule has 2 rings (SSSR count). The Labute approximate surface area is 93.8 Å². The third-order valence-electron chi connectivity index (χ3n) is 3.93. The summed E-state index contributed by atoms with van der Waals surface area (Å²) in [5.74, 6) is 1.73. The van der Waals surface area contributed by atoms with Gasteiger partial charge in [-0.25, -0.2) is 0 Å². The van der Waals surface area contributed by atoms with E-state index in [2.05, 4.69) is 23.2 Å². The normalized spacial score (nSPS) is 32.7. The van der Waals surface area contributed by atoms with Crippen LogP contribution in [-0.2, 0) is 0 Å². The number of hydrogen-bond donors (Lipinski definition) is 0. The van der Waals surface area contributed by atoms with Crippen molar-refractivity contribution in [2.24, 2.45) is 16.8 Å². The van der Waals surface area contributed by atoms with Crippen molar-refractivity contribution < 1.29 is 0 Å². The summed E-state index contributed by atoms with van der Waals surface area (Å²) < 4.78 is 0. The fraction of sp³-hybridized carbons (Fsp3) is 0.923. The summed E-state index contributed by atoms with van der Waals surface area (Å²) in [6.07, 6.45) is 10.6. The van der Waals surface area contributed by atoms with Crippen LogP contribution in [0.4, 0.5) is 0 Å². The molecular formula is C13H24N2. The molecule has 0 aliphatic heterocycles. The standard InChI is InChI=1S/C13H24N2/c1-14-9-12-5-3-4-6-13(12)15(2)10-11-7-8-11/h9,11-13H,3-8,10H2,1-2H3/t12?,13-/m0/s1. The molecular weight excluding hydrogens is 184 g/mol. The highest BCUT2D eigenvalue weighted by Crippen LogP contribution is 2.33. The van der Waals surface area contributed by atoms with Crippen LogP contribution in [0.2, 0.25) is 0 Å². The van der Waals surface area contributed by atoms with Crippen molar-refractivity contribution in [2.75, 3.05) is 20.6 Å². The Balaban J connectivity index is 1.89. The van der Waals surface area contributed by atoms with Gasteiger partial charge in [-0.3, -0.25) is 0 Å². The van der Waals surface area contributed by atoms with Crippen molar-refractivity contribution in [1.29, 1.82) is 0 Å². The van der Waals surface area contributed by atoms with Crippen molar-refractivity contribution >= 4 is 6.21 Å². The highest BCUT2D eigenvalue weighted by atomic mass is 15.1. The maximum atomic E-state index is 4.24. The molecule has 2 aliphatic carbocycles. The highest BCUT2D eigenvalue weighted by molar-refractivity contribution is 5.61. The van der Waals surface area contributed by atoms with E-state index in [-0.39, 0.29) is 0 Å². The van der Waals surface area contributed by atoms with Gasteiger partial charge in [0.05, 0.1) is 0 Å². The minimum atomic E-state index is 0.715. The van der Waals surface area contributed by atoms with Gasteiger partial charge in [0, 0.05) is 31.8 Å². The average Bonchev–Trinajstić information content (AvgIpc) is 3.03. The molecule has 0 aromatic carbocycles. The molecule has 2 nitrogen and oxygen atoms in total. The molecule has 0 heterocycles. The Bertz CT molecular complexity index is 221. The molecule has 2 saturated carbocycles. The zero-order valence-corrected chi connectivity index (χ0v) is 10.2. The fourth-order valence-corrected chi connectivity index (χ4v) is 2.90. The molecule has 2 aliphatic rings. The second-order valence-corrected chi connectivity index (χ2v) is 5.31. The van der Waals surface area contributed by atoms with Gasteiger partial charge in [-0.1, -0.05) is 12.8 Å². The molecule has 2 fully saturated rings. The molecule has 0 saturated heterocycles. The fourth-order valence-electron chi connectivity index (χ4n) is 2.90. The third kappa shape index (κ3) is 3.04. The number of nitrogens with zero attached hydrogens (tertiary/aromatic N) is 2. The smallest absolute Gasteiger partial charge is 0.0273 e. The van der Waals surface area contributed by atoms with E-state index in [1.165, 1.54) is 45.1 Å². The summed E-state index contributed by atoms with van der Waals surface area (Å²) in [5, 5.41) is 0. The van der Waals surface area contributed by atoms with Crippen molar-refractivity contribution in [1.82, 2.24) is 4.90 Å². The first-order valence-corrected chi connectivity index (χ1v) is 6.43. The molecule has 0 N–H and O–H groups in total. The minimum Gasteiger partial charge on any atom is -0.303 e. The van der Waals surface area contributed by atoms with E-state index in [1.807, 2.05) is 7.05 Å². The van der Waals surface area contributed by atoms with E-state index < -0.39 is 0 Å². The van der Waals surface area contributed by atoms with Crippen molar-refractivity contribution in [3.8, 4) is 0 Å². The molecule has 0 aromatic rings. The lowest BCUT2D eigenvalue weighted by Gasteiger charge is -2.36. The van der Waals surface area contributed by atoms with Crippen LogP contribution in [0.25, 0.3) is 0 Å². The van der Waals surface area contributed by atoms with E-state index >= 15 is 0 Å². The van der Waals surface area contributed by atoms with Gasteiger partial charge < -0.3 is 9.89 Å². The molecule has 15 heavy (non-hydrogen) atoms. The molecule has 0 aromatic heterocycles. The largest absolute Gasteiger partial charge is 0.303 e. The molecule has 2 heteroatoms. The van der Waals surface area contributed by atoms with Crippen LogP contribution in [-0.4, -0.2) is 37.8 Å². The first-order chi connectivity index (χ1) is 7.31. The van der Waals surface area contributed by atoms with Gasteiger partial charge in [-0.15, -0.1) is 0 Å². The maximum absolute atomic E-state index is 4.24. The van der Waals surface area contributed by atoms with Crippen LogP contribution in [0.15, 0.2) is 4.99 Å². The number of rotatable bonds is 4. The van der Waals surface area contributed by atoms with Gasteiger partial charge in [0.2, 0.25) is 0 Å². The summed E-state index contributed by atoms with van der Waals surface area (Å²) in [6, 6.07) is 0.767. The van der Waals surface area contributed by atoms with Gasteiger partial charge in [0.25, 0.3) is 0 Å². The summed E-state index contributed by atoms with van der Waals surface area (Å²) >= 11 is 0. The summed E-state index contributed by atoms with van der Waals surface area (Å²) in [7, 11) is 4.22. The lowest BCUT2D eigenvalue weighted by atomic mass is 9.84. The Kier molecular flexibility index (Phi) is 3.79. The van der Waals surface area contributed by atoms with E-state index in [4.69, 9.17) is 0 Å². The van der Waals surface area contributed by atoms with Crippen LogP contribution in [0.1, 0.15) is 38.5 Å². The first kappa shape index (κ1) is 11.1. The number of hydrogen-bond acceptors (Lipinski definition) is 2. The Morgan fingerprint density at radius 1 is 1.20 bits per heavy atom. The summed E-state index contributed by atoms with van der Waals surface area (Å²) in [4.78, 5) is 6.84. The zero-order chi connectivity index (χ0) is 10.7. The van der Waals surface area contributed by atoms with E-state index in [9.17, 15) is 0 Å². The number of aliphatic imine (C=N–C) groups is 1. The van der Waals surface area contributed by atoms with Gasteiger partial charge in [-0.05, 0) is 38.6 Å². The molecule has 0 spiro atoms. The van der Waals surface area contributed by atoms with Gasteiger partial charge in [0.1, 0.15) is 0 Å². The van der Waals surface area contributed by atoms with Gasteiger partial charge in [-0.2, -0.15) is 0 Å². The third-order valence-corrected chi connectivity index (χ3v) is 3.93. The maximum Gasteiger partial charge on any atom is 0.0273 e. The molecule has 0 radical (unpaired) electrons. The van der Waals surface area contributed by atoms with E-state index in [1.54, 1.807) is 0 Å². The first-order valence-electron chi connectivity index (χ1n) is 6.43. The SMILES string of the molecule is CN=CC1CCCC[C@@H]1N(C)CC1CC1. The summed E-state index contributed by atoms with van der Waals surface area (Å²) in [6.45, 7) is 1.32. The van der Waals surface area contributed by atoms with Crippen molar-refractivity contribution in [2.45, 2.75) is 44.6 Å². The molecule has 1 unspecified atom stereocenters. The van der Waals surface area contributed by atoms with Crippen LogP contribution in [0.5, 0.6) is 0 Å². The van der Waals surface area contributed by atoms with Gasteiger partial charge >= 0.3 is 0 Å². The second kappa shape index (κ2) is 5.11. The Morgan fingerprint density at radius 3 is 2.60 bits per heavy atom. The van der Waals surface area contributed by atoms with Gasteiger partial charge in [0.15, 0.2) is 0 Å². The quantitative estimate of drug-likeness (QED) is 0.648. The molecule has 0 amide bonds. The molecule has 2 atom stereocenters. The zero-order valence-electron chi connectivity index (χ0n) is 10.2. The second-order valence-electron chi connectivity index (χ2n) is 5.31. The predicted molar refractivity (Wildman–Crippen MR) is 65.5 cm³/mol. The van der Waals surface area contributed by atoms with Crippen molar-refractivity contribution in [3.05, 3.63) is 0 Å². The highest BCUT2D eigenvalue weighted by Gasteiger charge is 2.30. The van der Waals surface area contributed by atoms with Crippen LogP contribution < -0.4 is 0 Å². The summed E-state index contributed by atoms with van der Waals surface area (Å²) in [5.41, 5.74) is 0. The lowest BCUT2D eigenvalue weighted by molar-refractivity contribution is 0.159. The van der Waals surface area contributed by atoms with Crippen LogP contribution in [0, 0.1) is 11.8 Å². The Hall–Kier alpha value is -0.370. The van der Waals surface area contributed by atoms with Crippen molar-refractivity contribution in [3.63, 3.8) is 0 Å². The Morgan fingerprint density at radius 2 is 1.93 bits per heavy atom. The van der Waals surface area contributed by atoms with Crippen LogP contribution >= 0.6 is 0 Å². The predicted octanol–water partition coefficient (Wildman–Crippen LogP) is 2.59. The molecule has 86 valence electrons. The average molecular weight is 208 g/mol. The topological polar surface area (TPSA) is 15.6 Å². The monoisotopic (exact) mass is 208 g/mol.